The maximum atomic E-state index is 12.4. The second kappa shape index (κ2) is 10.4. The first-order valence-corrected chi connectivity index (χ1v) is 11.6. The zero-order valence-electron chi connectivity index (χ0n) is 16.3. The number of halogens is 1. The van der Waals surface area contributed by atoms with Crippen LogP contribution >= 0.6 is 11.6 Å². The number of aliphatic hydroxyl groups excluding tert-OH is 1. The third kappa shape index (κ3) is 5.80. The Morgan fingerprint density at radius 3 is 2.50 bits per heavy atom. The Morgan fingerprint density at radius 1 is 1.10 bits per heavy atom. The van der Waals surface area contributed by atoms with Crippen molar-refractivity contribution in [2.75, 3.05) is 13.2 Å². The van der Waals surface area contributed by atoms with E-state index in [-0.39, 0.29) is 41.1 Å². The molecule has 9 heteroatoms. The highest BCUT2D eigenvalue weighted by molar-refractivity contribution is 7.89. The van der Waals surface area contributed by atoms with Crippen LogP contribution in [-0.4, -0.2) is 50.8 Å². The molecule has 0 spiro atoms. The van der Waals surface area contributed by atoms with Gasteiger partial charge in [-0.1, -0.05) is 41.9 Å². The van der Waals surface area contributed by atoms with Crippen molar-refractivity contribution < 1.29 is 23.1 Å². The molecular weight excluding hydrogens is 428 g/mol. The van der Waals surface area contributed by atoms with Crippen molar-refractivity contribution in [3.05, 3.63) is 65.2 Å². The van der Waals surface area contributed by atoms with Gasteiger partial charge in [-0.15, -0.1) is 0 Å². The summed E-state index contributed by atoms with van der Waals surface area (Å²) < 4.78 is 33.2. The molecule has 0 unspecified atom stereocenters. The van der Waals surface area contributed by atoms with Crippen molar-refractivity contribution in [1.82, 2.24) is 10.0 Å². The van der Waals surface area contributed by atoms with Crippen LogP contribution in [0.5, 0.6) is 0 Å². The van der Waals surface area contributed by atoms with E-state index in [0.29, 0.717) is 24.8 Å². The Balaban J connectivity index is 1.50. The average molecular weight is 453 g/mol. The van der Waals surface area contributed by atoms with Gasteiger partial charge in [-0.05, 0) is 43.5 Å². The standard InChI is InChI=1S/C21H25ClN2O5S/c22-17-8-4-5-9-20(17)30(27,28)23-13-12-16-10-11-18(19(14-25)29-16)24-21(26)15-6-2-1-3-7-15/h1-9,16,18-19,23,25H,10-14H2,(H,24,26)/t16-,18-,19-/m0/s1. The van der Waals surface area contributed by atoms with E-state index in [0.717, 1.165) is 0 Å². The number of sulfonamides is 1. The first-order chi connectivity index (χ1) is 14.4. The number of carbonyl (C=O) groups excluding carboxylic acids is 1. The van der Waals surface area contributed by atoms with Gasteiger partial charge in [0, 0.05) is 12.1 Å². The molecule has 0 radical (unpaired) electrons. The molecule has 1 heterocycles. The summed E-state index contributed by atoms with van der Waals surface area (Å²) in [5, 5.41) is 12.8. The monoisotopic (exact) mass is 452 g/mol. The zero-order chi connectivity index (χ0) is 21.6. The molecule has 1 aliphatic rings. The highest BCUT2D eigenvalue weighted by atomic mass is 35.5. The van der Waals surface area contributed by atoms with Gasteiger partial charge in [-0.25, -0.2) is 13.1 Å². The summed E-state index contributed by atoms with van der Waals surface area (Å²) in [6.45, 7) is -0.0565. The van der Waals surface area contributed by atoms with Gasteiger partial charge in [0.1, 0.15) is 11.0 Å². The minimum Gasteiger partial charge on any atom is -0.394 e. The lowest BCUT2D eigenvalue weighted by Gasteiger charge is -2.36. The molecule has 30 heavy (non-hydrogen) atoms. The maximum Gasteiger partial charge on any atom is 0.251 e. The molecule has 2 aromatic carbocycles. The lowest BCUT2D eigenvalue weighted by molar-refractivity contribution is -0.0891. The predicted molar refractivity (Wildman–Crippen MR) is 114 cm³/mol. The molecule has 3 rings (SSSR count). The number of hydrogen-bond acceptors (Lipinski definition) is 5. The molecule has 1 fully saturated rings. The zero-order valence-corrected chi connectivity index (χ0v) is 17.9. The molecule has 1 aliphatic heterocycles. The number of aliphatic hydroxyl groups is 1. The molecule has 2 aromatic rings. The average Bonchev–Trinajstić information content (AvgIpc) is 2.75. The van der Waals surface area contributed by atoms with Crippen LogP contribution in [-0.2, 0) is 14.8 Å². The molecule has 1 saturated heterocycles. The third-order valence-corrected chi connectivity index (χ3v) is 6.99. The van der Waals surface area contributed by atoms with E-state index in [1.807, 2.05) is 6.07 Å². The fourth-order valence-electron chi connectivity index (χ4n) is 3.45. The number of amides is 1. The predicted octanol–water partition coefficient (Wildman–Crippen LogP) is 2.35. The van der Waals surface area contributed by atoms with E-state index >= 15 is 0 Å². The van der Waals surface area contributed by atoms with Crippen molar-refractivity contribution in [1.29, 1.82) is 0 Å². The summed E-state index contributed by atoms with van der Waals surface area (Å²) >= 11 is 5.97. The number of rotatable bonds is 8. The van der Waals surface area contributed by atoms with E-state index in [4.69, 9.17) is 16.3 Å². The molecule has 1 amide bonds. The van der Waals surface area contributed by atoms with E-state index in [1.54, 1.807) is 36.4 Å². The van der Waals surface area contributed by atoms with Crippen LogP contribution in [0.4, 0.5) is 0 Å². The number of hydrogen-bond donors (Lipinski definition) is 3. The third-order valence-electron chi connectivity index (χ3n) is 5.03. The Bertz CT molecular complexity index is 955. The molecule has 3 N–H and O–H groups in total. The van der Waals surface area contributed by atoms with Crippen LogP contribution in [0.25, 0.3) is 0 Å². The minimum atomic E-state index is -3.71. The van der Waals surface area contributed by atoms with Crippen molar-refractivity contribution in [2.45, 2.75) is 42.4 Å². The molecule has 0 saturated carbocycles. The fourth-order valence-corrected chi connectivity index (χ4v) is 5.01. The Hall–Kier alpha value is -1.97. The van der Waals surface area contributed by atoms with Crippen molar-refractivity contribution in [3.8, 4) is 0 Å². The van der Waals surface area contributed by atoms with Gasteiger partial charge in [0.25, 0.3) is 5.91 Å². The quantitative estimate of drug-likeness (QED) is 0.570. The topological polar surface area (TPSA) is 105 Å². The minimum absolute atomic E-state index is 0.0353. The van der Waals surface area contributed by atoms with Gasteiger partial charge in [-0.2, -0.15) is 0 Å². The Morgan fingerprint density at radius 2 is 1.80 bits per heavy atom. The summed E-state index contributed by atoms with van der Waals surface area (Å²) in [4.78, 5) is 12.4. The van der Waals surface area contributed by atoms with Gasteiger partial charge >= 0.3 is 0 Å². The first kappa shape index (κ1) is 22.7. The van der Waals surface area contributed by atoms with Crippen molar-refractivity contribution in [2.24, 2.45) is 0 Å². The lowest BCUT2D eigenvalue weighted by atomic mass is 9.97. The summed E-state index contributed by atoms with van der Waals surface area (Å²) in [6, 6.07) is 14.8. The second-order valence-corrected chi connectivity index (χ2v) is 9.26. The van der Waals surface area contributed by atoms with Gasteiger partial charge in [-0.3, -0.25) is 4.79 Å². The SMILES string of the molecule is O=C(N[C@H]1CC[C@@H](CCNS(=O)(=O)c2ccccc2Cl)O[C@H]1CO)c1ccccc1. The van der Waals surface area contributed by atoms with E-state index in [9.17, 15) is 18.3 Å². The van der Waals surface area contributed by atoms with Crippen LogP contribution in [0.15, 0.2) is 59.5 Å². The van der Waals surface area contributed by atoms with Crippen LogP contribution in [0.1, 0.15) is 29.6 Å². The highest BCUT2D eigenvalue weighted by Crippen LogP contribution is 2.23. The normalized spacial score (nSPS) is 21.9. The summed E-state index contributed by atoms with van der Waals surface area (Å²) in [6.07, 6.45) is 0.951. The molecule has 7 nitrogen and oxygen atoms in total. The summed E-state index contributed by atoms with van der Waals surface area (Å²) in [5.74, 6) is -0.214. The summed E-state index contributed by atoms with van der Waals surface area (Å²) in [7, 11) is -3.71. The van der Waals surface area contributed by atoms with E-state index in [1.165, 1.54) is 12.1 Å². The number of carbonyl (C=O) groups is 1. The lowest BCUT2D eigenvalue weighted by Crippen LogP contribution is -2.51. The second-order valence-electron chi connectivity index (χ2n) is 7.12. The fraction of sp³-hybridized carbons (Fsp3) is 0.381. The van der Waals surface area contributed by atoms with Gasteiger partial charge < -0.3 is 15.2 Å². The van der Waals surface area contributed by atoms with Crippen molar-refractivity contribution in [3.63, 3.8) is 0 Å². The highest BCUT2D eigenvalue weighted by Gasteiger charge is 2.32. The number of nitrogens with one attached hydrogen (secondary N) is 2. The Labute approximate surface area is 181 Å². The van der Waals surface area contributed by atoms with Gasteiger partial charge in [0.2, 0.25) is 10.0 Å². The van der Waals surface area contributed by atoms with Crippen molar-refractivity contribution >= 4 is 27.5 Å². The number of benzene rings is 2. The van der Waals surface area contributed by atoms with Gasteiger partial charge in [0.05, 0.1) is 23.8 Å². The van der Waals surface area contributed by atoms with E-state index < -0.39 is 16.1 Å². The maximum absolute atomic E-state index is 12.4. The first-order valence-electron chi connectivity index (χ1n) is 9.77. The smallest absolute Gasteiger partial charge is 0.251 e. The molecule has 0 aromatic heterocycles. The van der Waals surface area contributed by atoms with E-state index in [2.05, 4.69) is 10.0 Å². The van der Waals surface area contributed by atoms with Gasteiger partial charge in [0.15, 0.2) is 0 Å². The molecule has 0 bridgehead atoms. The molecule has 3 atom stereocenters. The molecule has 0 aliphatic carbocycles. The summed E-state index contributed by atoms with van der Waals surface area (Å²) in [5.41, 5.74) is 0.547. The number of ether oxygens (including phenoxy) is 1. The van der Waals surface area contributed by atoms with Crippen LogP contribution in [0.2, 0.25) is 5.02 Å². The Kier molecular flexibility index (Phi) is 7.85. The molecular formula is C21H25ClN2O5S. The van der Waals surface area contributed by atoms with Crippen LogP contribution in [0.3, 0.4) is 0 Å². The molecule has 162 valence electrons. The van der Waals surface area contributed by atoms with Crippen LogP contribution in [0, 0.1) is 0 Å². The van der Waals surface area contributed by atoms with Crippen LogP contribution < -0.4 is 10.0 Å². The largest absolute Gasteiger partial charge is 0.394 e.